The molecule has 3 rings (SSSR count). The predicted octanol–water partition coefficient (Wildman–Crippen LogP) is 2.75. The van der Waals surface area contributed by atoms with Crippen LogP contribution in [-0.4, -0.2) is 31.0 Å². The standard InChI is InChI=1S/C19H19NO5S/c1-19(2)18(21)17(24-12-13-7-5-4-6-8-13)16(25-19)14-9-10-15(20-11-14)26(3,22)23/h4-11H,12H2,1-3H3. The smallest absolute Gasteiger partial charge is 0.244 e. The van der Waals surface area contributed by atoms with Crippen LogP contribution in [-0.2, 0) is 30.7 Å². The number of Topliss-reactive ketones (excluding diaryl/α,β-unsaturated/α-hetero) is 1. The summed E-state index contributed by atoms with van der Waals surface area (Å²) in [7, 11) is -3.40. The number of hydrogen-bond donors (Lipinski definition) is 0. The Morgan fingerprint density at radius 1 is 1.12 bits per heavy atom. The summed E-state index contributed by atoms with van der Waals surface area (Å²) in [4.78, 5) is 16.6. The van der Waals surface area contributed by atoms with E-state index < -0.39 is 15.4 Å². The first-order valence-electron chi connectivity index (χ1n) is 8.00. The van der Waals surface area contributed by atoms with Crippen molar-refractivity contribution in [2.75, 3.05) is 6.26 Å². The van der Waals surface area contributed by atoms with Crippen molar-refractivity contribution in [1.82, 2.24) is 4.98 Å². The molecular formula is C19H19NO5S. The van der Waals surface area contributed by atoms with Crippen molar-refractivity contribution >= 4 is 21.4 Å². The Hall–Kier alpha value is -2.67. The molecule has 0 spiro atoms. The lowest BCUT2D eigenvalue weighted by molar-refractivity contribution is -0.129. The van der Waals surface area contributed by atoms with Gasteiger partial charge in [0.25, 0.3) is 0 Å². The molecule has 136 valence electrons. The molecule has 0 aliphatic carbocycles. The van der Waals surface area contributed by atoms with E-state index in [0.717, 1.165) is 11.8 Å². The molecule has 2 aromatic rings. The Morgan fingerprint density at radius 3 is 2.38 bits per heavy atom. The van der Waals surface area contributed by atoms with Gasteiger partial charge < -0.3 is 9.47 Å². The van der Waals surface area contributed by atoms with Crippen LogP contribution in [0.15, 0.2) is 59.4 Å². The highest BCUT2D eigenvalue weighted by Crippen LogP contribution is 2.37. The van der Waals surface area contributed by atoms with Crippen LogP contribution in [0.4, 0.5) is 0 Å². The van der Waals surface area contributed by atoms with Crippen LogP contribution >= 0.6 is 0 Å². The first-order valence-corrected chi connectivity index (χ1v) is 9.89. The van der Waals surface area contributed by atoms with Gasteiger partial charge in [-0.25, -0.2) is 13.4 Å². The summed E-state index contributed by atoms with van der Waals surface area (Å²) in [6.07, 6.45) is 2.45. The van der Waals surface area contributed by atoms with Gasteiger partial charge in [-0.15, -0.1) is 0 Å². The number of rotatable bonds is 5. The minimum absolute atomic E-state index is 0.0443. The molecule has 1 aromatic heterocycles. The number of hydrogen-bond acceptors (Lipinski definition) is 6. The van der Waals surface area contributed by atoms with E-state index >= 15 is 0 Å². The molecular weight excluding hydrogens is 354 g/mol. The minimum atomic E-state index is -3.40. The van der Waals surface area contributed by atoms with E-state index in [1.807, 2.05) is 30.3 Å². The Labute approximate surface area is 152 Å². The van der Waals surface area contributed by atoms with Crippen LogP contribution in [0, 0.1) is 0 Å². The highest BCUT2D eigenvalue weighted by atomic mass is 32.2. The lowest BCUT2D eigenvalue weighted by Gasteiger charge is -2.17. The van der Waals surface area contributed by atoms with Crippen molar-refractivity contribution in [2.24, 2.45) is 0 Å². The van der Waals surface area contributed by atoms with Gasteiger partial charge in [-0.05, 0) is 31.5 Å². The number of ether oxygens (including phenoxy) is 2. The molecule has 0 saturated carbocycles. The molecule has 2 heterocycles. The van der Waals surface area contributed by atoms with Crippen LogP contribution < -0.4 is 0 Å². The Kier molecular flexibility index (Phi) is 4.58. The second-order valence-corrected chi connectivity index (χ2v) is 8.49. The zero-order chi connectivity index (χ0) is 18.9. The highest BCUT2D eigenvalue weighted by Gasteiger charge is 2.44. The summed E-state index contributed by atoms with van der Waals surface area (Å²) >= 11 is 0. The van der Waals surface area contributed by atoms with Crippen LogP contribution in [0.25, 0.3) is 5.76 Å². The van der Waals surface area contributed by atoms with Gasteiger partial charge in [-0.3, -0.25) is 4.79 Å². The van der Waals surface area contributed by atoms with Crippen LogP contribution in [0.3, 0.4) is 0 Å². The molecule has 0 saturated heterocycles. The van der Waals surface area contributed by atoms with Gasteiger partial charge >= 0.3 is 0 Å². The molecule has 26 heavy (non-hydrogen) atoms. The summed E-state index contributed by atoms with van der Waals surface area (Å²) < 4.78 is 34.7. The van der Waals surface area contributed by atoms with Gasteiger partial charge in [0.05, 0.1) is 0 Å². The van der Waals surface area contributed by atoms with Gasteiger partial charge in [0.2, 0.25) is 11.5 Å². The number of sulfone groups is 1. The maximum absolute atomic E-state index is 12.6. The fourth-order valence-corrected chi connectivity index (χ4v) is 3.07. The summed E-state index contributed by atoms with van der Waals surface area (Å²) in [6, 6.07) is 12.4. The van der Waals surface area contributed by atoms with Gasteiger partial charge in [0.1, 0.15) is 6.61 Å². The highest BCUT2D eigenvalue weighted by molar-refractivity contribution is 7.90. The topological polar surface area (TPSA) is 82.6 Å². The third-order valence-electron chi connectivity index (χ3n) is 3.92. The van der Waals surface area contributed by atoms with Gasteiger partial charge in [0, 0.05) is 18.0 Å². The van der Waals surface area contributed by atoms with Gasteiger partial charge in [-0.2, -0.15) is 0 Å². The molecule has 0 fully saturated rings. The SMILES string of the molecule is CC1(C)OC(c2ccc(S(C)(=O)=O)nc2)=C(OCc2ccccc2)C1=O. The quantitative estimate of drug-likeness (QED) is 0.801. The third-order valence-corrected chi connectivity index (χ3v) is 4.92. The van der Waals surface area contributed by atoms with E-state index in [4.69, 9.17) is 9.47 Å². The monoisotopic (exact) mass is 373 g/mol. The summed E-state index contributed by atoms with van der Waals surface area (Å²) in [5.74, 6) is 0.117. The minimum Gasteiger partial charge on any atom is -0.482 e. The molecule has 6 nitrogen and oxygen atoms in total. The molecule has 0 N–H and O–H groups in total. The lowest BCUT2D eigenvalue weighted by Crippen LogP contribution is -2.29. The summed E-state index contributed by atoms with van der Waals surface area (Å²) in [6.45, 7) is 3.54. The summed E-state index contributed by atoms with van der Waals surface area (Å²) in [5, 5.41) is -0.0443. The lowest BCUT2D eigenvalue weighted by atomic mass is 10.0. The number of carbonyl (C=O) groups excluding carboxylic acids is 1. The molecule has 0 unspecified atom stereocenters. The van der Waals surface area contributed by atoms with E-state index in [1.165, 1.54) is 12.3 Å². The number of carbonyl (C=O) groups is 1. The maximum atomic E-state index is 12.6. The molecule has 0 bridgehead atoms. The molecule has 7 heteroatoms. The zero-order valence-corrected chi connectivity index (χ0v) is 15.5. The maximum Gasteiger partial charge on any atom is 0.244 e. The number of nitrogens with zero attached hydrogens (tertiary/aromatic N) is 1. The van der Waals surface area contributed by atoms with Crippen molar-refractivity contribution < 1.29 is 22.7 Å². The average molecular weight is 373 g/mol. The van der Waals surface area contributed by atoms with Crippen molar-refractivity contribution in [3.8, 4) is 0 Å². The Balaban J connectivity index is 1.94. The van der Waals surface area contributed by atoms with Gasteiger partial charge in [-0.1, -0.05) is 30.3 Å². The van der Waals surface area contributed by atoms with Crippen LogP contribution in [0.2, 0.25) is 0 Å². The molecule has 0 radical (unpaired) electrons. The average Bonchev–Trinajstić information content (AvgIpc) is 2.83. The molecule has 1 aliphatic rings. The first-order chi connectivity index (χ1) is 12.2. The van der Waals surface area contributed by atoms with E-state index in [0.29, 0.717) is 5.56 Å². The van der Waals surface area contributed by atoms with E-state index in [9.17, 15) is 13.2 Å². The fraction of sp³-hybridized carbons (Fsp3) is 0.263. The number of benzene rings is 1. The van der Waals surface area contributed by atoms with Crippen molar-refractivity contribution in [3.63, 3.8) is 0 Å². The molecule has 1 aromatic carbocycles. The largest absolute Gasteiger partial charge is 0.482 e. The first kappa shape index (κ1) is 18.1. The number of pyridine rings is 1. The van der Waals surface area contributed by atoms with Crippen molar-refractivity contribution in [2.45, 2.75) is 31.1 Å². The van der Waals surface area contributed by atoms with E-state index in [-0.39, 0.29) is 28.9 Å². The summed E-state index contributed by atoms with van der Waals surface area (Å²) in [5.41, 5.74) is 0.346. The molecule has 1 aliphatic heterocycles. The number of aromatic nitrogens is 1. The van der Waals surface area contributed by atoms with E-state index in [1.54, 1.807) is 19.9 Å². The molecule has 0 atom stereocenters. The number of ketones is 1. The Bertz CT molecular complexity index is 961. The zero-order valence-electron chi connectivity index (χ0n) is 14.7. The van der Waals surface area contributed by atoms with Crippen molar-refractivity contribution in [1.29, 1.82) is 0 Å². The third kappa shape index (κ3) is 3.62. The van der Waals surface area contributed by atoms with Crippen LogP contribution in [0.5, 0.6) is 0 Å². The van der Waals surface area contributed by atoms with Gasteiger partial charge in [0.15, 0.2) is 26.2 Å². The van der Waals surface area contributed by atoms with Crippen LogP contribution in [0.1, 0.15) is 25.0 Å². The Morgan fingerprint density at radius 2 is 1.81 bits per heavy atom. The second kappa shape index (κ2) is 6.57. The van der Waals surface area contributed by atoms with E-state index in [2.05, 4.69) is 4.98 Å². The molecule has 0 amide bonds. The normalized spacial score (nSPS) is 16.5. The van der Waals surface area contributed by atoms with Crippen molar-refractivity contribution in [3.05, 3.63) is 65.5 Å². The second-order valence-electron chi connectivity index (χ2n) is 6.53. The predicted molar refractivity (Wildman–Crippen MR) is 95.7 cm³/mol. The fourth-order valence-electron chi connectivity index (χ4n) is 2.51.